The largest absolute Gasteiger partial charge is 0.497 e. The molecule has 0 aromatic heterocycles. The molecule has 0 radical (unpaired) electrons. The second kappa shape index (κ2) is 8.39. The van der Waals surface area contributed by atoms with Crippen LogP contribution < -0.4 is 14.8 Å². The van der Waals surface area contributed by atoms with Crippen molar-refractivity contribution >= 4 is 29.0 Å². The summed E-state index contributed by atoms with van der Waals surface area (Å²) in [4.78, 5) is 23.7. The van der Waals surface area contributed by atoms with Crippen LogP contribution in [0, 0.1) is 10.1 Å². The van der Waals surface area contributed by atoms with Crippen molar-refractivity contribution in [1.82, 2.24) is 0 Å². The maximum Gasteiger partial charge on any atom is 0.271 e. The van der Waals surface area contributed by atoms with E-state index in [1.165, 1.54) is 37.1 Å². The summed E-state index contributed by atoms with van der Waals surface area (Å²) in [5.74, 6) is 0.822. The van der Waals surface area contributed by atoms with Crippen LogP contribution >= 0.6 is 11.8 Å². The third-order valence-electron chi connectivity index (χ3n) is 3.39. The van der Waals surface area contributed by atoms with Crippen LogP contribution in [0.2, 0.25) is 0 Å². The number of nitro groups is 1. The van der Waals surface area contributed by atoms with E-state index in [2.05, 4.69) is 5.32 Å². The molecule has 0 fully saturated rings. The van der Waals surface area contributed by atoms with Crippen LogP contribution in [0.3, 0.4) is 0 Å². The van der Waals surface area contributed by atoms with Crippen LogP contribution in [0.5, 0.6) is 11.5 Å². The maximum atomic E-state index is 12.4. The highest BCUT2D eigenvalue weighted by Gasteiger charge is 2.18. The zero-order chi connectivity index (χ0) is 18.4. The number of nitrogens with zero attached hydrogens (tertiary/aromatic N) is 1. The standard InChI is InChI=1S/C17H18N2O5S/c1-11(25-14-7-5-13(23-2)6-8-14)17(20)18-15-10-12(19(21)22)4-9-16(15)24-3/h4-11H,1-3H3,(H,18,20)/t11-/m0/s1. The normalized spacial score (nSPS) is 11.5. The van der Waals surface area contributed by atoms with Crippen molar-refractivity contribution < 1.29 is 19.2 Å². The molecule has 1 N–H and O–H groups in total. The van der Waals surface area contributed by atoms with Gasteiger partial charge in [0, 0.05) is 17.0 Å². The van der Waals surface area contributed by atoms with Gasteiger partial charge in [-0.3, -0.25) is 14.9 Å². The van der Waals surface area contributed by atoms with Crippen molar-refractivity contribution in [2.45, 2.75) is 17.1 Å². The zero-order valence-corrected chi connectivity index (χ0v) is 14.8. The lowest BCUT2D eigenvalue weighted by atomic mass is 10.2. The third kappa shape index (κ3) is 4.87. The van der Waals surface area contributed by atoms with E-state index in [-0.39, 0.29) is 17.3 Å². The average Bonchev–Trinajstić information content (AvgIpc) is 2.62. The van der Waals surface area contributed by atoms with Gasteiger partial charge < -0.3 is 14.8 Å². The van der Waals surface area contributed by atoms with Crippen molar-refractivity contribution in [3.8, 4) is 11.5 Å². The Kier molecular flexibility index (Phi) is 6.24. The summed E-state index contributed by atoms with van der Waals surface area (Å²) in [5.41, 5.74) is 0.149. The molecule has 0 aliphatic rings. The number of rotatable bonds is 7. The minimum atomic E-state index is -0.523. The highest BCUT2D eigenvalue weighted by Crippen LogP contribution is 2.31. The molecule has 2 rings (SSSR count). The van der Waals surface area contributed by atoms with Crippen LogP contribution in [0.4, 0.5) is 11.4 Å². The molecule has 0 aliphatic carbocycles. The first-order valence-electron chi connectivity index (χ1n) is 7.38. The predicted molar refractivity (Wildman–Crippen MR) is 96.6 cm³/mol. The van der Waals surface area contributed by atoms with E-state index in [0.29, 0.717) is 5.75 Å². The van der Waals surface area contributed by atoms with E-state index < -0.39 is 10.2 Å². The molecular weight excluding hydrogens is 344 g/mol. The van der Waals surface area contributed by atoms with Gasteiger partial charge in [0.05, 0.1) is 30.1 Å². The van der Waals surface area contributed by atoms with E-state index in [9.17, 15) is 14.9 Å². The molecule has 0 saturated carbocycles. The van der Waals surface area contributed by atoms with E-state index in [1.54, 1.807) is 14.0 Å². The van der Waals surface area contributed by atoms with Crippen LogP contribution in [0.1, 0.15) is 6.92 Å². The van der Waals surface area contributed by atoms with Crippen LogP contribution in [-0.4, -0.2) is 30.3 Å². The fourth-order valence-corrected chi connectivity index (χ4v) is 2.92. The number of anilines is 1. The smallest absolute Gasteiger partial charge is 0.271 e. The SMILES string of the molecule is COc1ccc(S[C@@H](C)C(=O)Nc2cc([N+](=O)[O-])ccc2OC)cc1. The minimum Gasteiger partial charge on any atom is -0.497 e. The Bertz CT molecular complexity index is 764. The molecule has 2 aromatic carbocycles. The number of carbonyl (C=O) groups excluding carboxylic acids is 1. The number of methoxy groups -OCH3 is 2. The number of nitrogens with one attached hydrogen (secondary N) is 1. The van der Waals surface area contributed by atoms with Gasteiger partial charge in [0.1, 0.15) is 11.5 Å². The van der Waals surface area contributed by atoms with Gasteiger partial charge in [0.25, 0.3) is 5.69 Å². The summed E-state index contributed by atoms with van der Waals surface area (Å²) in [5, 5.41) is 13.2. The summed E-state index contributed by atoms with van der Waals surface area (Å²) in [7, 11) is 3.02. The van der Waals surface area contributed by atoms with Gasteiger partial charge in [-0.25, -0.2) is 0 Å². The number of non-ortho nitro benzene ring substituents is 1. The Morgan fingerprint density at radius 2 is 1.84 bits per heavy atom. The molecule has 8 heteroatoms. The number of ether oxygens (including phenoxy) is 2. The Morgan fingerprint density at radius 1 is 1.16 bits per heavy atom. The number of amides is 1. The van der Waals surface area contributed by atoms with Crippen molar-refractivity contribution in [1.29, 1.82) is 0 Å². The monoisotopic (exact) mass is 362 g/mol. The molecule has 0 saturated heterocycles. The molecule has 7 nitrogen and oxygen atoms in total. The van der Waals surface area contributed by atoms with E-state index in [1.807, 2.05) is 24.3 Å². The van der Waals surface area contributed by atoms with Crippen molar-refractivity contribution in [2.24, 2.45) is 0 Å². The minimum absolute atomic E-state index is 0.119. The van der Waals surface area contributed by atoms with E-state index in [0.717, 1.165) is 10.6 Å². The zero-order valence-electron chi connectivity index (χ0n) is 14.0. The van der Waals surface area contributed by atoms with Gasteiger partial charge in [-0.2, -0.15) is 0 Å². The van der Waals surface area contributed by atoms with Crippen LogP contribution in [0.25, 0.3) is 0 Å². The first kappa shape index (κ1) is 18.6. The summed E-state index contributed by atoms with van der Waals surface area (Å²) in [6.45, 7) is 1.76. The fourth-order valence-electron chi connectivity index (χ4n) is 2.05. The molecule has 0 spiro atoms. The summed E-state index contributed by atoms with van der Waals surface area (Å²) in [6, 6.07) is 11.4. The first-order valence-corrected chi connectivity index (χ1v) is 8.26. The second-order valence-corrected chi connectivity index (χ2v) is 6.48. The number of carbonyl (C=O) groups is 1. The van der Waals surface area contributed by atoms with E-state index in [4.69, 9.17) is 9.47 Å². The van der Waals surface area contributed by atoms with Crippen LogP contribution in [-0.2, 0) is 4.79 Å². The first-order chi connectivity index (χ1) is 11.9. The quantitative estimate of drug-likeness (QED) is 0.458. The van der Waals surface area contributed by atoms with Gasteiger partial charge in [-0.1, -0.05) is 0 Å². The van der Waals surface area contributed by atoms with Gasteiger partial charge in [-0.15, -0.1) is 11.8 Å². The fraction of sp³-hybridized carbons (Fsp3) is 0.235. The molecule has 25 heavy (non-hydrogen) atoms. The molecule has 1 atom stereocenters. The highest BCUT2D eigenvalue weighted by atomic mass is 32.2. The molecule has 0 bridgehead atoms. The third-order valence-corrected chi connectivity index (χ3v) is 4.51. The van der Waals surface area contributed by atoms with Crippen molar-refractivity contribution in [3.63, 3.8) is 0 Å². The second-order valence-electron chi connectivity index (χ2n) is 5.07. The summed E-state index contributed by atoms with van der Waals surface area (Å²) >= 11 is 1.37. The predicted octanol–water partition coefficient (Wildman–Crippen LogP) is 3.73. The number of hydrogen-bond acceptors (Lipinski definition) is 6. The van der Waals surface area contributed by atoms with Crippen molar-refractivity contribution in [2.75, 3.05) is 19.5 Å². The maximum absolute atomic E-state index is 12.4. The lowest BCUT2D eigenvalue weighted by Gasteiger charge is -2.14. The topological polar surface area (TPSA) is 90.7 Å². The van der Waals surface area contributed by atoms with Crippen molar-refractivity contribution in [3.05, 3.63) is 52.6 Å². The lowest BCUT2D eigenvalue weighted by Crippen LogP contribution is -2.22. The Labute approximate surface area is 149 Å². The molecule has 0 heterocycles. The lowest BCUT2D eigenvalue weighted by molar-refractivity contribution is -0.384. The number of benzene rings is 2. The Hall–Kier alpha value is -2.74. The van der Waals surface area contributed by atoms with Gasteiger partial charge in [0.2, 0.25) is 5.91 Å². The van der Waals surface area contributed by atoms with Crippen LogP contribution in [0.15, 0.2) is 47.4 Å². The van der Waals surface area contributed by atoms with E-state index >= 15 is 0 Å². The average molecular weight is 362 g/mol. The molecule has 2 aromatic rings. The Morgan fingerprint density at radius 3 is 2.40 bits per heavy atom. The number of nitro benzene ring substituents is 1. The Balaban J connectivity index is 2.09. The number of hydrogen-bond donors (Lipinski definition) is 1. The molecule has 1 amide bonds. The van der Waals surface area contributed by atoms with Gasteiger partial charge >= 0.3 is 0 Å². The highest BCUT2D eigenvalue weighted by molar-refractivity contribution is 8.00. The molecule has 0 aliphatic heterocycles. The molecule has 0 unspecified atom stereocenters. The summed E-state index contributed by atoms with van der Waals surface area (Å²) in [6.07, 6.45) is 0. The summed E-state index contributed by atoms with van der Waals surface area (Å²) < 4.78 is 10.2. The van der Waals surface area contributed by atoms with Gasteiger partial charge in [0.15, 0.2) is 0 Å². The van der Waals surface area contributed by atoms with Gasteiger partial charge in [-0.05, 0) is 37.3 Å². The molecule has 132 valence electrons. The molecular formula is C17H18N2O5S. The number of thioether (sulfide) groups is 1.